The van der Waals surface area contributed by atoms with E-state index in [1.807, 2.05) is 36.0 Å². The van der Waals surface area contributed by atoms with Crippen LogP contribution in [0.15, 0.2) is 30.3 Å². The van der Waals surface area contributed by atoms with E-state index in [4.69, 9.17) is 16.3 Å². The van der Waals surface area contributed by atoms with Crippen LogP contribution >= 0.6 is 11.6 Å². The molecule has 1 aromatic carbocycles. The molecule has 21 heavy (non-hydrogen) atoms. The number of alkyl halides is 1. The van der Waals surface area contributed by atoms with Gasteiger partial charge in [0.1, 0.15) is 12.4 Å². The van der Waals surface area contributed by atoms with Gasteiger partial charge in [-0.1, -0.05) is 30.9 Å². The maximum absolute atomic E-state index is 5.90. The Hall–Kier alpha value is -1.92. The summed E-state index contributed by atoms with van der Waals surface area (Å²) in [5, 5.41) is 4.42. The van der Waals surface area contributed by atoms with Crippen molar-refractivity contribution in [2.75, 3.05) is 5.88 Å². The second kappa shape index (κ2) is 7.75. The lowest BCUT2D eigenvalue weighted by molar-refractivity contribution is 0.294. The van der Waals surface area contributed by atoms with Gasteiger partial charge in [-0.3, -0.25) is 4.68 Å². The Morgan fingerprint density at radius 3 is 2.86 bits per heavy atom. The van der Waals surface area contributed by atoms with Crippen molar-refractivity contribution in [1.29, 1.82) is 0 Å². The van der Waals surface area contributed by atoms with Gasteiger partial charge in [0.15, 0.2) is 0 Å². The van der Waals surface area contributed by atoms with Crippen molar-refractivity contribution in [1.82, 2.24) is 9.78 Å². The molecule has 0 aliphatic heterocycles. The van der Waals surface area contributed by atoms with Crippen LogP contribution in [-0.4, -0.2) is 15.7 Å². The average molecular weight is 303 g/mol. The molecule has 110 valence electrons. The lowest BCUT2D eigenvalue weighted by Crippen LogP contribution is -2.03. The quantitative estimate of drug-likeness (QED) is 0.624. The van der Waals surface area contributed by atoms with Crippen molar-refractivity contribution < 1.29 is 4.74 Å². The summed E-state index contributed by atoms with van der Waals surface area (Å²) in [6.07, 6.45) is 1.60. The normalized spacial score (nSPS) is 10.0. The van der Waals surface area contributed by atoms with Gasteiger partial charge in [-0.15, -0.1) is 11.6 Å². The van der Waals surface area contributed by atoms with Crippen molar-refractivity contribution >= 4 is 11.6 Å². The zero-order valence-corrected chi connectivity index (χ0v) is 13.2. The third-order valence-electron chi connectivity index (χ3n) is 3.09. The summed E-state index contributed by atoms with van der Waals surface area (Å²) in [6, 6.07) is 9.86. The van der Waals surface area contributed by atoms with Crippen LogP contribution in [0.2, 0.25) is 0 Å². The first-order chi connectivity index (χ1) is 10.2. The summed E-state index contributed by atoms with van der Waals surface area (Å²) >= 11 is 5.64. The van der Waals surface area contributed by atoms with Gasteiger partial charge in [0.2, 0.25) is 0 Å². The highest BCUT2D eigenvalue weighted by Crippen LogP contribution is 2.18. The summed E-state index contributed by atoms with van der Waals surface area (Å²) < 4.78 is 7.76. The molecule has 0 aliphatic carbocycles. The van der Waals surface area contributed by atoms with Gasteiger partial charge in [0.25, 0.3) is 0 Å². The van der Waals surface area contributed by atoms with Gasteiger partial charge in [0.05, 0.1) is 17.0 Å². The maximum atomic E-state index is 5.90. The summed E-state index contributed by atoms with van der Waals surface area (Å²) in [7, 11) is 1.93. The summed E-state index contributed by atoms with van der Waals surface area (Å²) in [6.45, 7) is 2.58. The highest BCUT2D eigenvalue weighted by Gasteiger charge is 2.06. The van der Waals surface area contributed by atoms with E-state index < -0.39 is 0 Å². The first-order valence-corrected chi connectivity index (χ1v) is 7.56. The van der Waals surface area contributed by atoms with Crippen LogP contribution in [0, 0.1) is 11.8 Å². The first-order valence-electron chi connectivity index (χ1n) is 7.03. The van der Waals surface area contributed by atoms with Gasteiger partial charge in [0, 0.05) is 19.3 Å². The number of ether oxygens (including phenoxy) is 1. The molecule has 2 aromatic rings. The molecular weight excluding hydrogens is 284 g/mol. The minimum absolute atomic E-state index is 0.484. The van der Waals surface area contributed by atoms with Crippen molar-refractivity contribution in [2.45, 2.75) is 26.4 Å². The fraction of sp³-hybridized carbons (Fsp3) is 0.353. The van der Waals surface area contributed by atoms with E-state index in [0.29, 0.717) is 18.9 Å². The number of aromatic nitrogens is 2. The van der Waals surface area contributed by atoms with Crippen molar-refractivity contribution in [3.05, 3.63) is 47.3 Å². The number of nitrogens with zero attached hydrogens (tertiary/aromatic N) is 2. The van der Waals surface area contributed by atoms with Gasteiger partial charge < -0.3 is 4.74 Å². The Kier molecular flexibility index (Phi) is 5.71. The molecule has 0 saturated carbocycles. The molecule has 0 N–H and O–H groups in total. The number of benzene rings is 1. The molecule has 0 fully saturated rings. The number of halogens is 1. The summed E-state index contributed by atoms with van der Waals surface area (Å²) in [4.78, 5) is 0. The van der Waals surface area contributed by atoms with E-state index in [2.05, 4.69) is 29.9 Å². The van der Waals surface area contributed by atoms with Crippen LogP contribution in [0.3, 0.4) is 0 Å². The summed E-state index contributed by atoms with van der Waals surface area (Å²) in [5.41, 5.74) is 3.02. The van der Waals surface area contributed by atoms with E-state index >= 15 is 0 Å². The summed E-state index contributed by atoms with van der Waals surface area (Å²) in [5.74, 6) is 7.47. The van der Waals surface area contributed by atoms with Gasteiger partial charge in [-0.25, -0.2) is 0 Å². The number of hydrogen-bond acceptors (Lipinski definition) is 2. The van der Waals surface area contributed by atoms with E-state index in [0.717, 1.165) is 29.1 Å². The lowest BCUT2D eigenvalue weighted by atomic mass is 10.2. The number of rotatable bonds is 5. The monoisotopic (exact) mass is 302 g/mol. The topological polar surface area (TPSA) is 27.1 Å². The minimum atomic E-state index is 0.484. The molecule has 0 bridgehead atoms. The third kappa shape index (κ3) is 4.27. The zero-order chi connectivity index (χ0) is 15.1. The van der Waals surface area contributed by atoms with Crippen LogP contribution in [-0.2, 0) is 20.1 Å². The van der Waals surface area contributed by atoms with Crippen LogP contribution in [0.25, 0.3) is 0 Å². The highest BCUT2D eigenvalue weighted by molar-refractivity contribution is 6.18. The van der Waals surface area contributed by atoms with E-state index in [1.165, 1.54) is 0 Å². The van der Waals surface area contributed by atoms with E-state index in [1.54, 1.807) is 0 Å². The Balaban J connectivity index is 2.09. The van der Waals surface area contributed by atoms with Crippen molar-refractivity contribution in [3.63, 3.8) is 0 Å². The Morgan fingerprint density at radius 2 is 2.14 bits per heavy atom. The molecule has 0 saturated heterocycles. The predicted octanol–water partition coefficient (Wildman–Crippen LogP) is 3.54. The molecule has 0 amide bonds. The molecule has 1 heterocycles. The van der Waals surface area contributed by atoms with Crippen molar-refractivity contribution in [3.8, 4) is 17.6 Å². The SMILES string of the molecule is CCc1cc(COc2ccccc2C#CCCCl)n(C)n1. The molecule has 2 rings (SSSR count). The molecular formula is C17H19ClN2O. The third-order valence-corrected chi connectivity index (χ3v) is 3.28. The lowest BCUT2D eigenvalue weighted by Gasteiger charge is -2.08. The Labute approximate surface area is 130 Å². The maximum Gasteiger partial charge on any atom is 0.135 e. The molecule has 3 nitrogen and oxygen atoms in total. The van der Waals surface area contributed by atoms with Crippen LogP contribution in [0.1, 0.15) is 30.3 Å². The average Bonchev–Trinajstić information content (AvgIpc) is 2.87. The second-order valence-electron chi connectivity index (χ2n) is 4.63. The van der Waals surface area contributed by atoms with Crippen molar-refractivity contribution in [2.24, 2.45) is 7.05 Å². The molecule has 0 radical (unpaired) electrons. The van der Waals surface area contributed by atoms with E-state index in [-0.39, 0.29) is 0 Å². The minimum Gasteiger partial charge on any atom is -0.486 e. The number of hydrogen-bond donors (Lipinski definition) is 0. The molecule has 1 aromatic heterocycles. The molecule has 0 aliphatic rings. The largest absolute Gasteiger partial charge is 0.486 e. The van der Waals surface area contributed by atoms with Crippen LogP contribution < -0.4 is 4.74 Å². The molecule has 4 heteroatoms. The van der Waals surface area contributed by atoms with E-state index in [9.17, 15) is 0 Å². The molecule has 0 unspecified atom stereocenters. The van der Waals surface area contributed by atoms with Gasteiger partial charge >= 0.3 is 0 Å². The fourth-order valence-corrected chi connectivity index (χ4v) is 2.03. The fourth-order valence-electron chi connectivity index (χ4n) is 1.93. The van der Waals surface area contributed by atoms with Gasteiger partial charge in [-0.05, 0) is 24.6 Å². The van der Waals surface area contributed by atoms with Crippen LogP contribution in [0.4, 0.5) is 0 Å². The first kappa shape index (κ1) is 15.5. The Morgan fingerprint density at radius 1 is 1.33 bits per heavy atom. The Bertz CT molecular complexity index is 652. The predicted molar refractivity (Wildman–Crippen MR) is 85.6 cm³/mol. The smallest absolute Gasteiger partial charge is 0.135 e. The highest BCUT2D eigenvalue weighted by atomic mass is 35.5. The molecule has 0 spiro atoms. The standard InChI is InChI=1S/C17H19ClN2O/c1-3-15-12-16(20(2)19-15)13-21-17-10-5-4-8-14(17)9-6-7-11-18/h4-5,8,10,12H,3,7,11,13H2,1-2H3. The second-order valence-corrected chi connectivity index (χ2v) is 5.01. The number of para-hydroxylation sites is 1. The van der Waals surface area contributed by atoms with Crippen LogP contribution in [0.5, 0.6) is 5.75 Å². The van der Waals surface area contributed by atoms with Gasteiger partial charge in [-0.2, -0.15) is 5.10 Å². The number of aryl methyl sites for hydroxylation is 2. The zero-order valence-electron chi connectivity index (χ0n) is 12.4. The molecule has 0 atom stereocenters.